The summed E-state index contributed by atoms with van der Waals surface area (Å²) in [6.07, 6.45) is 0.820. The first-order valence-corrected chi connectivity index (χ1v) is 11.3. The second-order valence-corrected chi connectivity index (χ2v) is 8.18. The molecule has 2 aromatic rings. The molecule has 0 saturated heterocycles. The van der Waals surface area contributed by atoms with Crippen LogP contribution in [0.2, 0.25) is 0 Å². The third-order valence-corrected chi connectivity index (χ3v) is 5.82. The fourth-order valence-corrected chi connectivity index (χ4v) is 3.97. The molecule has 0 heterocycles. The smallest absolute Gasteiger partial charge is 0.254 e. The Labute approximate surface area is 187 Å². The lowest BCUT2D eigenvalue weighted by molar-refractivity contribution is -0.120. The van der Waals surface area contributed by atoms with Gasteiger partial charge < -0.3 is 15.1 Å². The van der Waals surface area contributed by atoms with Gasteiger partial charge in [-0.05, 0) is 77.0 Å². The fraction of sp³-hybridized carbons (Fsp3) is 0.462. The number of benzene rings is 2. The second kappa shape index (κ2) is 11.7. The molecule has 0 aliphatic rings. The molecular weight excluding hydrogens is 386 g/mol. The van der Waals surface area contributed by atoms with Gasteiger partial charge in [0, 0.05) is 17.8 Å². The van der Waals surface area contributed by atoms with E-state index >= 15 is 0 Å². The Kier molecular flexibility index (Phi) is 9.25. The first-order chi connectivity index (χ1) is 14.8. The Morgan fingerprint density at radius 3 is 2.06 bits per heavy atom. The van der Waals surface area contributed by atoms with Crippen LogP contribution in [0.15, 0.2) is 42.5 Å². The highest BCUT2D eigenvalue weighted by atomic mass is 16.2. The third kappa shape index (κ3) is 6.66. The van der Waals surface area contributed by atoms with Gasteiger partial charge in [-0.1, -0.05) is 49.7 Å². The zero-order valence-corrected chi connectivity index (χ0v) is 19.9. The lowest BCUT2D eigenvalue weighted by Crippen LogP contribution is -2.46. The second-order valence-electron chi connectivity index (χ2n) is 8.18. The molecule has 5 heteroatoms. The van der Waals surface area contributed by atoms with E-state index in [0.29, 0.717) is 12.1 Å². The summed E-state index contributed by atoms with van der Waals surface area (Å²) in [6.45, 7) is 15.5. The summed E-state index contributed by atoms with van der Waals surface area (Å²) in [7, 11) is 0. The largest absolute Gasteiger partial charge is 0.327 e. The van der Waals surface area contributed by atoms with Gasteiger partial charge in [0.25, 0.3) is 5.91 Å². The minimum absolute atomic E-state index is 0.111. The SMILES string of the molecule is CCN(CC)CCCN(C(=O)c1ccccc1)C(C)C(=O)Nc1c(C)cc(C)cc1C. The van der Waals surface area contributed by atoms with Crippen LogP contribution in [-0.4, -0.2) is 53.8 Å². The third-order valence-electron chi connectivity index (χ3n) is 5.82. The van der Waals surface area contributed by atoms with Crippen LogP contribution >= 0.6 is 0 Å². The number of hydrogen-bond donors (Lipinski definition) is 1. The number of nitrogens with zero attached hydrogens (tertiary/aromatic N) is 2. The minimum Gasteiger partial charge on any atom is -0.327 e. The van der Waals surface area contributed by atoms with Crippen LogP contribution in [0, 0.1) is 20.8 Å². The van der Waals surface area contributed by atoms with E-state index < -0.39 is 6.04 Å². The van der Waals surface area contributed by atoms with Crippen LogP contribution in [0.4, 0.5) is 5.69 Å². The molecule has 2 rings (SSSR count). The van der Waals surface area contributed by atoms with E-state index in [0.717, 1.165) is 42.9 Å². The van der Waals surface area contributed by atoms with E-state index in [1.807, 2.05) is 45.9 Å². The van der Waals surface area contributed by atoms with Crippen molar-refractivity contribution in [2.24, 2.45) is 0 Å². The van der Waals surface area contributed by atoms with Crippen molar-refractivity contribution in [3.05, 3.63) is 64.7 Å². The fourth-order valence-electron chi connectivity index (χ4n) is 3.97. The van der Waals surface area contributed by atoms with Gasteiger partial charge in [0.1, 0.15) is 6.04 Å². The van der Waals surface area contributed by atoms with Crippen molar-refractivity contribution in [2.45, 2.75) is 54.0 Å². The molecule has 1 N–H and O–H groups in total. The van der Waals surface area contributed by atoms with E-state index in [-0.39, 0.29) is 11.8 Å². The van der Waals surface area contributed by atoms with Crippen LogP contribution in [0.25, 0.3) is 0 Å². The molecule has 0 aliphatic heterocycles. The molecule has 1 unspecified atom stereocenters. The molecule has 0 saturated carbocycles. The lowest BCUT2D eigenvalue weighted by Gasteiger charge is -2.30. The molecule has 31 heavy (non-hydrogen) atoms. The zero-order valence-electron chi connectivity index (χ0n) is 19.9. The molecule has 0 spiro atoms. The van der Waals surface area contributed by atoms with Crippen molar-refractivity contribution in [1.29, 1.82) is 0 Å². The Morgan fingerprint density at radius 1 is 0.935 bits per heavy atom. The van der Waals surface area contributed by atoms with Gasteiger partial charge in [-0.25, -0.2) is 0 Å². The summed E-state index contributed by atoms with van der Waals surface area (Å²) in [6, 6.07) is 12.7. The molecule has 5 nitrogen and oxygen atoms in total. The van der Waals surface area contributed by atoms with Gasteiger partial charge in [-0.15, -0.1) is 0 Å². The molecule has 0 bridgehead atoms. The summed E-state index contributed by atoms with van der Waals surface area (Å²) >= 11 is 0. The van der Waals surface area contributed by atoms with Gasteiger partial charge in [0.2, 0.25) is 5.91 Å². The maximum absolute atomic E-state index is 13.3. The molecule has 0 radical (unpaired) electrons. The first kappa shape index (κ1) is 24.6. The number of anilines is 1. The molecule has 168 valence electrons. The number of rotatable bonds is 10. The summed E-state index contributed by atoms with van der Waals surface area (Å²) in [5.41, 5.74) is 4.66. The summed E-state index contributed by atoms with van der Waals surface area (Å²) in [5.74, 6) is -0.276. The lowest BCUT2D eigenvalue weighted by atomic mass is 10.0. The van der Waals surface area contributed by atoms with Crippen molar-refractivity contribution < 1.29 is 9.59 Å². The van der Waals surface area contributed by atoms with Gasteiger partial charge in [0.05, 0.1) is 0 Å². The molecule has 0 fully saturated rings. The number of nitrogens with one attached hydrogen (secondary N) is 1. The first-order valence-electron chi connectivity index (χ1n) is 11.3. The minimum atomic E-state index is -0.579. The average Bonchev–Trinajstić information content (AvgIpc) is 2.76. The standard InChI is InChI=1S/C26H37N3O2/c1-7-28(8-2)15-12-16-29(26(31)23-13-10-9-11-14-23)22(6)25(30)27-24-20(4)17-19(3)18-21(24)5/h9-11,13-14,17-18,22H,7-8,12,15-16H2,1-6H3,(H,27,30). The monoisotopic (exact) mass is 423 g/mol. The maximum Gasteiger partial charge on any atom is 0.254 e. The molecule has 2 amide bonds. The topological polar surface area (TPSA) is 52.7 Å². The van der Waals surface area contributed by atoms with Crippen LogP contribution in [0.1, 0.15) is 54.2 Å². The quantitative estimate of drug-likeness (QED) is 0.596. The number of hydrogen-bond acceptors (Lipinski definition) is 3. The number of carbonyl (C=O) groups excluding carboxylic acids is 2. The van der Waals surface area contributed by atoms with Gasteiger partial charge in [-0.3, -0.25) is 9.59 Å². The highest BCUT2D eigenvalue weighted by molar-refractivity contribution is 6.01. The van der Waals surface area contributed by atoms with Crippen LogP contribution < -0.4 is 5.32 Å². The van der Waals surface area contributed by atoms with Crippen molar-refractivity contribution in [3.8, 4) is 0 Å². The van der Waals surface area contributed by atoms with E-state index in [1.165, 1.54) is 5.56 Å². The highest BCUT2D eigenvalue weighted by Gasteiger charge is 2.27. The molecule has 1 atom stereocenters. The van der Waals surface area contributed by atoms with Gasteiger partial charge in [-0.2, -0.15) is 0 Å². The predicted octanol–water partition coefficient (Wildman–Crippen LogP) is 4.81. The van der Waals surface area contributed by atoms with Crippen molar-refractivity contribution in [1.82, 2.24) is 9.80 Å². The van der Waals surface area contributed by atoms with E-state index in [9.17, 15) is 9.59 Å². The Balaban J connectivity index is 2.21. The number of carbonyl (C=O) groups is 2. The highest BCUT2D eigenvalue weighted by Crippen LogP contribution is 2.23. The molecule has 0 aliphatic carbocycles. The summed E-state index contributed by atoms with van der Waals surface area (Å²) < 4.78 is 0. The van der Waals surface area contributed by atoms with Crippen LogP contribution in [0.3, 0.4) is 0 Å². The number of aryl methyl sites for hydroxylation is 3. The summed E-state index contributed by atoms with van der Waals surface area (Å²) in [4.78, 5) is 30.5. The molecular formula is C26H37N3O2. The van der Waals surface area contributed by atoms with E-state index in [4.69, 9.17) is 0 Å². The Hall–Kier alpha value is -2.66. The number of amides is 2. The summed E-state index contributed by atoms with van der Waals surface area (Å²) in [5, 5.41) is 3.07. The zero-order chi connectivity index (χ0) is 23.0. The predicted molar refractivity (Wildman–Crippen MR) is 129 cm³/mol. The average molecular weight is 424 g/mol. The van der Waals surface area contributed by atoms with Gasteiger partial charge in [0.15, 0.2) is 0 Å². The van der Waals surface area contributed by atoms with Crippen molar-refractivity contribution in [3.63, 3.8) is 0 Å². The Bertz CT molecular complexity index is 852. The normalized spacial score (nSPS) is 12.0. The van der Waals surface area contributed by atoms with Crippen molar-refractivity contribution in [2.75, 3.05) is 31.5 Å². The van der Waals surface area contributed by atoms with E-state index in [2.05, 4.69) is 36.2 Å². The Morgan fingerprint density at radius 2 is 1.52 bits per heavy atom. The van der Waals surface area contributed by atoms with Crippen LogP contribution in [0.5, 0.6) is 0 Å². The van der Waals surface area contributed by atoms with Crippen molar-refractivity contribution >= 4 is 17.5 Å². The maximum atomic E-state index is 13.3. The molecule has 2 aromatic carbocycles. The van der Waals surface area contributed by atoms with Gasteiger partial charge >= 0.3 is 0 Å². The van der Waals surface area contributed by atoms with Crippen LogP contribution in [-0.2, 0) is 4.79 Å². The van der Waals surface area contributed by atoms with E-state index in [1.54, 1.807) is 17.0 Å². The molecule has 0 aromatic heterocycles.